The van der Waals surface area contributed by atoms with Crippen molar-refractivity contribution in [3.63, 3.8) is 0 Å². The zero-order valence-electron chi connectivity index (χ0n) is 21.0. The Morgan fingerprint density at radius 3 is 2.70 bits per heavy atom. The van der Waals surface area contributed by atoms with Crippen molar-refractivity contribution in [3.05, 3.63) is 54.4 Å². The van der Waals surface area contributed by atoms with Gasteiger partial charge in [-0.2, -0.15) is 13.2 Å². The van der Waals surface area contributed by atoms with Gasteiger partial charge in [0, 0.05) is 18.8 Å². The number of amides is 1. The monoisotopic (exact) mass is 560 g/mol. The zero-order chi connectivity index (χ0) is 28.6. The van der Waals surface area contributed by atoms with Crippen molar-refractivity contribution in [1.82, 2.24) is 34.8 Å². The number of likely N-dealkylation sites (N-methyl/N-ethyl adjacent to an activating group) is 1. The van der Waals surface area contributed by atoms with Crippen LogP contribution < -0.4 is 15.4 Å². The number of fused-ring (bicyclic) bond motifs is 1. The lowest BCUT2D eigenvalue weighted by molar-refractivity contribution is -0.141. The number of aliphatic hydroxyl groups excluding tert-OH is 2. The van der Waals surface area contributed by atoms with Gasteiger partial charge in [0.1, 0.15) is 23.7 Å². The van der Waals surface area contributed by atoms with Crippen LogP contribution in [0.5, 0.6) is 5.75 Å². The first kappa shape index (κ1) is 27.2. The van der Waals surface area contributed by atoms with Crippen LogP contribution >= 0.6 is 0 Å². The van der Waals surface area contributed by atoms with Gasteiger partial charge in [-0.25, -0.2) is 19.9 Å². The molecule has 0 unspecified atom stereocenters. The van der Waals surface area contributed by atoms with Crippen molar-refractivity contribution in [2.45, 2.75) is 37.3 Å². The third-order valence-corrected chi connectivity index (χ3v) is 6.18. The van der Waals surface area contributed by atoms with E-state index in [1.165, 1.54) is 49.6 Å². The predicted molar refractivity (Wildman–Crippen MR) is 132 cm³/mol. The van der Waals surface area contributed by atoms with Crippen molar-refractivity contribution < 1.29 is 37.7 Å². The van der Waals surface area contributed by atoms with Gasteiger partial charge in [0.15, 0.2) is 35.1 Å². The molecule has 5 heterocycles. The Morgan fingerprint density at radius 1 is 1.18 bits per heavy atom. The van der Waals surface area contributed by atoms with Gasteiger partial charge in [-0.1, -0.05) is 6.07 Å². The fraction of sp³-hybridized carbons (Fsp3) is 0.333. The number of anilines is 1. The molecular weight excluding hydrogens is 537 g/mol. The molecule has 5 rings (SSSR count). The number of methoxy groups -OCH3 is 1. The first-order valence-corrected chi connectivity index (χ1v) is 11.8. The summed E-state index contributed by atoms with van der Waals surface area (Å²) in [4.78, 5) is 33.3. The molecule has 210 valence electrons. The minimum Gasteiger partial charge on any atom is -0.495 e. The topological polar surface area (TPSA) is 169 Å². The number of halogens is 3. The van der Waals surface area contributed by atoms with Crippen LogP contribution in [0.2, 0.25) is 0 Å². The highest BCUT2D eigenvalue weighted by atomic mass is 19.4. The van der Waals surface area contributed by atoms with Gasteiger partial charge in [-0.3, -0.25) is 14.3 Å². The summed E-state index contributed by atoms with van der Waals surface area (Å²) in [6.07, 6.45) is -6.00. The summed E-state index contributed by atoms with van der Waals surface area (Å²) >= 11 is 0. The van der Waals surface area contributed by atoms with Crippen molar-refractivity contribution >= 4 is 22.9 Å². The summed E-state index contributed by atoms with van der Waals surface area (Å²) in [7, 11) is 2.82. The van der Waals surface area contributed by atoms with Crippen LogP contribution in [0.3, 0.4) is 0 Å². The molecule has 4 atom stereocenters. The minimum atomic E-state index is -4.61. The lowest BCUT2D eigenvalue weighted by Crippen LogP contribution is -2.41. The molecule has 16 heteroatoms. The second-order valence-electron chi connectivity index (χ2n) is 8.74. The lowest BCUT2D eigenvalue weighted by Gasteiger charge is -2.17. The smallest absolute Gasteiger partial charge is 0.433 e. The van der Waals surface area contributed by atoms with E-state index in [9.17, 15) is 28.2 Å². The molecule has 4 aromatic heterocycles. The van der Waals surface area contributed by atoms with Gasteiger partial charge >= 0.3 is 6.18 Å². The molecule has 13 nitrogen and oxygen atoms in total. The maximum atomic E-state index is 13.1. The van der Waals surface area contributed by atoms with Crippen LogP contribution in [0.4, 0.5) is 19.0 Å². The second-order valence-corrected chi connectivity index (χ2v) is 8.74. The Bertz CT molecular complexity index is 1550. The highest BCUT2D eigenvalue weighted by Crippen LogP contribution is 2.34. The summed E-state index contributed by atoms with van der Waals surface area (Å²) < 4.78 is 51.7. The number of carbonyl (C=O) groups is 1. The van der Waals surface area contributed by atoms with Gasteiger partial charge in [-0.15, -0.1) is 0 Å². The molecule has 0 radical (unpaired) electrons. The first-order chi connectivity index (χ1) is 19.1. The van der Waals surface area contributed by atoms with E-state index < -0.39 is 42.3 Å². The van der Waals surface area contributed by atoms with E-state index in [0.717, 1.165) is 6.07 Å². The molecule has 0 aromatic carbocycles. The molecule has 4 aromatic rings. The SMILES string of the molecule is CNC(=O)[C@H]1O[C@@H](n2cnc3c(NCc4cccc(C(F)(F)F)n4)nc(-c4cncc(OC)c4)nc32)[C@H](O)[C@@H]1O. The van der Waals surface area contributed by atoms with E-state index in [-0.39, 0.29) is 35.0 Å². The van der Waals surface area contributed by atoms with Crippen molar-refractivity contribution in [3.8, 4) is 17.1 Å². The molecule has 0 aliphatic carbocycles. The average molecular weight is 560 g/mol. The fourth-order valence-electron chi connectivity index (χ4n) is 4.17. The first-order valence-electron chi connectivity index (χ1n) is 11.8. The number of aromatic nitrogens is 6. The van der Waals surface area contributed by atoms with Crippen LogP contribution in [-0.4, -0.2) is 78.1 Å². The van der Waals surface area contributed by atoms with E-state index >= 15 is 0 Å². The van der Waals surface area contributed by atoms with E-state index in [0.29, 0.717) is 11.3 Å². The van der Waals surface area contributed by atoms with Gasteiger partial charge in [0.2, 0.25) is 0 Å². The van der Waals surface area contributed by atoms with Crippen LogP contribution in [0.1, 0.15) is 17.6 Å². The molecule has 40 heavy (non-hydrogen) atoms. The molecule has 1 amide bonds. The fourth-order valence-corrected chi connectivity index (χ4v) is 4.17. The second kappa shape index (κ2) is 10.6. The third-order valence-electron chi connectivity index (χ3n) is 6.18. The van der Waals surface area contributed by atoms with Crippen molar-refractivity contribution in [2.75, 3.05) is 19.5 Å². The highest BCUT2D eigenvalue weighted by Gasteiger charge is 2.47. The van der Waals surface area contributed by atoms with E-state index in [4.69, 9.17) is 9.47 Å². The number of aliphatic hydroxyl groups is 2. The quantitative estimate of drug-likeness (QED) is 0.257. The molecule has 1 saturated heterocycles. The van der Waals surface area contributed by atoms with Crippen molar-refractivity contribution in [1.29, 1.82) is 0 Å². The number of hydrogen-bond acceptors (Lipinski definition) is 11. The number of ether oxygens (including phenoxy) is 2. The van der Waals surface area contributed by atoms with Crippen LogP contribution in [0.25, 0.3) is 22.6 Å². The Kier molecular flexibility index (Phi) is 7.22. The Balaban J connectivity index is 1.57. The zero-order valence-corrected chi connectivity index (χ0v) is 21.0. The molecule has 0 saturated carbocycles. The largest absolute Gasteiger partial charge is 0.495 e. The standard InChI is InChI=1S/C24H23F3N8O5/c1-28-22(38)18-16(36)17(37)23(40-18)35-10-31-15-20(30-8-12-4-3-5-14(32-12)24(25,26)27)33-19(34-21(15)35)11-6-13(39-2)9-29-7-11/h3-7,9-10,16-18,23,36-37H,8H2,1-2H3,(H,28,38)(H,30,33,34)/t16-,17+,18-,23+/m0/s1. The number of nitrogens with one attached hydrogen (secondary N) is 2. The predicted octanol–water partition coefficient (Wildman–Crippen LogP) is 1.29. The molecule has 1 aliphatic rings. The molecule has 0 bridgehead atoms. The summed E-state index contributed by atoms with van der Waals surface area (Å²) in [6.45, 7) is -0.140. The number of rotatable bonds is 7. The summed E-state index contributed by atoms with van der Waals surface area (Å²) in [5.74, 6) is 0.0587. The normalized spacial score (nSPS) is 21.0. The Labute approximate surface area is 224 Å². The van der Waals surface area contributed by atoms with Crippen LogP contribution in [-0.2, 0) is 22.3 Å². The summed E-state index contributed by atoms with van der Waals surface area (Å²) in [5.41, 5.74) is -0.188. The molecule has 4 N–H and O–H groups in total. The summed E-state index contributed by atoms with van der Waals surface area (Å²) in [6, 6.07) is 5.17. The number of imidazole rings is 1. The van der Waals surface area contributed by atoms with Gasteiger partial charge in [0.05, 0.1) is 31.9 Å². The Hall–Kier alpha value is -4.41. The number of carbonyl (C=O) groups excluding carboxylic acids is 1. The summed E-state index contributed by atoms with van der Waals surface area (Å²) in [5, 5.41) is 26.4. The van der Waals surface area contributed by atoms with Gasteiger partial charge in [0.25, 0.3) is 5.91 Å². The van der Waals surface area contributed by atoms with Crippen LogP contribution in [0, 0.1) is 0 Å². The third kappa shape index (κ3) is 5.11. The molecule has 1 fully saturated rings. The Morgan fingerprint density at radius 2 is 1.98 bits per heavy atom. The minimum absolute atomic E-state index is 0.0942. The average Bonchev–Trinajstić information content (AvgIpc) is 3.51. The van der Waals surface area contributed by atoms with E-state index in [1.807, 2.05) is 0 Å². The highest BCUT2D eigenvalue weighted by molar-refractivity contribution is 5.85. The van der Waals surface area contributed by atoms with Gasteiger partial charge in [-0.05, 0) is 18.2 Å². The molecular formula is C24H23F3N8O5. The lowest BCUT2D eigenvalue weighted by atomic mass is 10.1. The number of alkyl halides is 3. The maximum absolute atomic E-state index is 13.1. The number of hydrogen-bond donors (Lipinski definition) is 4. The van der Waals surface area contributed by atoms with E-state index in [1.54, 1.807) is 6.07 Å². The van der Waals surface area contributed by atoms with Crippen molar-refractivity contribution in [2.24, 2.45) is 0 Å². The van der Waals surface area contributed by atoms with E-state index in [2.05, 4.69) is 35.6 Å². The molecule has 1 aliphatic heterocycles. The molecule has 0 spiro atoms. The number of pyridine rings is 2. The maximum Gasteiger partial charge on any atom is 0.433 e. The van der Waals surface area contributed by atoms with Crippen LogP contribution in [0.15, 0.2) is 43.0 Å². The number of nitrogens with zero attached hydrogens (tertiary/aromatic N) is 6. The van der Waals surface area contributed by atoms with Gasteiger partial charge < -0.3 is 30.3 Å².